The minimum absolute atomic E-state index is 0.0776. The molecule has 3 amide bonds. The van der Waals surface area contributed by atoms with E-state index in [1.165, 1.54) is 12.4 Å². The maximum absolute atomic E-state index is 13.5. The molecule has 12 nitrogen and oxygen atoms in total. The van der Waals surface area contributed by atoms with E-state index in [9.17, 15) is 22.8 Å². The molecule has 0 spiro atoms. The topological polar surface area (TPSA) is 145 Å². The van der Waals surface area contributed by atoms with Gasteiger partial charge >= 0.3 is 0 Å². The highest BCUT2D eigenvalue weighted by molar-refractivity contribution is 7.89. The lowest BCUT2D eigenvalue weighted by Gasteiger charge is -2.40. The normalized spacial score (nSPS) is 21.6. The molecule has 3 aromatic rings. The second kappa shape index (κ2) is 12.4. The number of rotatable bonds is 8. The third-order valence-corrected chi connectivity index (χ3v) is 11.4. The Morgan fingerprint density at radius 1 is 0.978 bits per heavy atom. The second-order valence-electron chi connectivity index (χ2n) is 12.4. The number of anilines is 1. The summed E-state index contributed by atoms with van der Waals surface area (Å²) in [5, 5.41) is 6.06. The summed E-state index contributed by atoms with van der Waals surface area (Å²) in [5.74, 6) is -0.104. The first-order valence-corrected chi connectivity index (χ1v) is 17.3. The third-order valence-electron chi connectivity index (χ3n) is 9.33. The molecular weight excluding hydrogens is 630 g/mol. The number of benzene rings is 2. The van der Waals surface area contributed by atoms with Gasteiger partial charge in [0.05, 0.1) is 22.3 Å². The van der Waals surface area contributed by atoms with Crippen molar-refractivity contribution in [1.29, 1.82) is 0 Å². The first-order valence-electron chi connectivity index (χ1n) is 15.5. The molecule has 4 aliphatic heterocycles. The van der Waals surface area contributed by atoms with Crippen LogP contribution in [0.3, 0.4) is 0 Å². The van der Waals surface area contributed by atoms with Crippen LogP contribution in [0.4, 0.5) is 5.95 Å². The van der Waals surface area contributed by atoms with Gasteiger partial charge in [-0.1, -0.05) is 35.9 Å². The summed E-state index contributed by atoms with van der Waals surface area (Å²) in [6.07, 6.45) is 4.92. The van der Waals surface area contributed by atoms with Crippen molar-refractivity contribution in [2.75, 3.05) is 31.5 Å². The van der Waals surface area contributed by atoms with E-state index in [-0.39, 0.29) is 24.3 Å². The van der Waals surface area contributed by atoms with Crippen molar-refractivity contribution in [1.82, 2.24) is 29.4 Å². The Bertz CT molecular complexity index is 1790. The Balaban J connectivity index is 0.928. The van der Waals surface area contributed by atoms with Crippen LogP contribution in [-0.4, -0.2) is 88.5 Å². The number of nitrogens with zero attached hydrogens (tertiary/aromatic N) is 5. The van der Waals surface area contributed by atoms with Crippen molar-refractivity contribution in [3.8, 4) is 0 Å². The first kappa shape index (κ1) is 30.7. The zero-order chi connectivity index (χ0) is 32.0. The van der Waals surface area contributed by atoms with E-state index in [1.807, 2.05) is 18.2 Å². The predicted octanol–water partition coefficient (Wildman–Crippen LogP) is 2.76. The van der Waals surface area contributed by atoms with Gasteiger partial charge in [-0.05, 0) is 54.2 Å². The summed E-state index contributed by atoms with van der Waals surface area (Å²) in [5.41, 5.74) is 3.60. The average molecular weight is 664 g/mol. The van der Waals surface area contributed by atoms with Gasteiger partial charge in [-0.15, -0.1) is 0 Å². The Morgan fingerprint density at radius 2 is 1.74 bits per heavy atom. The fraction of sp³-hybridized carbons (Fsp3) is 0.406. The summed E-state index contributed by atoms with van der Waals surface area (Å²) in [4.78, 5) is 49.4. The van der Waals surface area contributed by atoms with Crippen molar-refractivity contribution >= 4 is 45.3 Å². The molecule has 5 heterocycles. The smallest absolute Gasteiger partial charge is 0.255 e. The highest BCUT2D eigenvalue weighted by Crippen LogP contribution is 2.34. The Hall–Kier alpha value is -3.91. The van der Waals surface area contributed by atoms with E-state index in [0.29, 0.717) is 72.8 Å². The summed E-state index contributed by atoms with van der Waals surface area (Å²) >= 11 is 5.86. The molecule has 3 fully saturated rings. The number of carbonyl (C=O) groups excluding carboxylic acids is 3. The number of aromatic nitrogens is 2. The van der Waals surface area contributed by atoms with Crippen LogP contribution in [-0.2, 0) is 32.7 Å². The first-order chi connectivity index (χ1) is 22.1. The zero-order valence-electron chi connectivity index (χ0n) is 25.1. The molecule has 0 saturated carbocycles. The fourth-order valence-corrected chi connectivity index (χ4v) is 8.42. The SMILES string of the molecule is O=C1CCC(N2Cc3cc(C4CN(Cc5cccc(S(=O)(=O)N6CCC(Nc7ncc(Cl)cn7)CC6)c5)C4)ccc3C2=O)C(=O)N1. The summed E-state index contributed by atoms with van der Waals surface area (Å²) < 4.78 is 28.6. The highest BCUT2D eigenvalue weighted by atomic mass is 35.5. The number of nitrogens with one attached hydrogen (secondary N) is 2. The predicted molar refractivity (Wildman–Crippen MR) is 169 cm³/mol. The monoisotopic (exact) mass is 663 g/mol. The van der Waals surface area contributed by atoms with Gasteiger partial charge in [-0.3, -0.25) is 24.6 Å². The Labute approximate surface area is 272 Å². The van der Waals surface area contributed by atoms with Crippen molar-refractivity contribution < 1.29 is 22.8 Å². The van der Waals surface area contributed by atoms with E-state index in [2.05, 4.69) is 31.6 Å². The van der Waals surface area contributed by atoms with Gasteiger partial charge in [0.25, 0.3) is 5.91 Å². The van der Waals surface area contributed by atoms with Gasteiger partial charge in [0.2, 0.25) is 27.8 Å². The van der Waals surface area contributed by atoms with Gasteiger partial charge in [0, 0.05) is 63.2 Å². The molecule has 7 rings (SSSR count). The van der Waals surface area contributed by atoms with Gasteiger partial charge in [0.15, 0.2) is 0 Å². The van der Waals surface area contributed by atoms with Crippen LogP contribution in [0.2, 0.25) is 5.02 Å². The number of imide groups is 1. The second-order valence-corrected chi connectivity index (χ2v) is 14.8. The average Bonchev–Trinajstić information content (AvgIpc) is 3.35. The molecule has 4 aliphatic rings. The molecular formula is C32H34ClN7O5S. The van der Waals surface area contributed by atoms with Crippen LogP contribution >= 0.6 is 11.6 Å². The molecule has 1 unspecified atom stereocenters. The Morgan fingerprint density at radius 3 is 2.48 bits per heavy atom. The number of amides is 3. The van der Waals surface area contributed by atoms with Crippen molar-refractivity contribution in [2.45, 2.75) is 61.7 Å². The van der Waals surface area contributed by atoms with Gasteiger partial charge in [-0.25, -0.2) is 18.4 Å². The number of sulfonamides is 1. The van der Waals surface area contributed by atoms with Crippen molar-refractivity contribution in [3.63, 3.8) is 0 Å². The van der Waals surface area contributed by atoms with Gasteiger partial charge < -0.3 is 10.2 Å². The minimum Gasteiger partial charge on any atom is -0.351 e. The number of halogens is 1. The summed E-state index contributed by atoms with van der Waals surface area (Å²) in [7, 11) is -3.63. The molecule has 3 saturated heterocycles. The molecule has 46 heavy (non-hydrogen) atoms. The van der Waals surface area contributed by atoms with Crippen LogP contribution in [0.5, 0.6) is 0 Å². The molecule has 2 aromatic carbocycles. The fourth-order valence-electron chi connectivity index (χ4n) is 6.78. The number of piperidine rings is 2. The number of fused-ring (bicyclic) bond motifs is 1. The zero-order valence-corrected chi connectivity index (χ0v) is 26.6. The summed E-state index contributed by atoms with van der Waals surface area (Å²) in [6.45, 7) is 3.44. The van der Waals surface area contributed by atoms with E-state index in [1.54, 1.807) is 27.4 Å². The van der Waals surface area contributed by atoms with Crippen molar-refractivity contribution in [3.05, 3.63) is 82.1 Å². The van der Waals surface area contributed by atoms with Crippen LogP contribution in [0.15, 0.2) is 59.8 Å². The molecule has 2 N–H and O–H groups in total. The molecule has 0 radical (unpaired) electrons. The number of carbonyl (C=O) groups is 3. The molecule has 1 aromatic heterocycles. The molecule has 0 aliphatic carbocycles. The van der Waals surface area contributed by atoms with Crippen LogP contribution in [0, 0.1) is 0 Å². The van der Waals surface area contributed by atoms with Crippen LogP contribution in [0.1, 0.15) is 58.6 Å². The highest BCUT2D eigenvalue weighted by Gasteiger charge is 2.40. The van der Waals surface area contributed by atoms with E-state index in [0.717, 1.165) is 29.8 Å². The van der Waals surface area contributed by atoms with E-state index < -0.39 is 22.0 Å². The molecule has 14 heteroatoms. The quantitative estimate of drug-likeness (QED) is 0.348. The van der Waals surface area contributed by atoms with Crippen LogP contribution in [0.25, 0.3) is 0 Å². The maximum atomic E-state index is 13.5. The minimum atomic E-state index is -3.63. The number of hydrogen-bond acceptors (Lipinski definition) is 9. The van der Waals surface area contributed by atoms with Crippen LogP contribution < -0.4 is 10.6 Å². The molecule has 0 bridgehead atoms. The standard InChI is InChI=1S/C32H34ClN7O5S/c33-24-14-34-32(35-15-24)36-25-8-10-39(11-9-25)46(44,45)26-3-1-2-20(12-26)16-38-17-23(18-38)21-4-5-27-22(13-21)19-40(31(27)43)28-6-7-29(41)37-30(28)42/h1-5,12-15,23,25,28H,6-11,16-19H2,(H,34,35,36)(H,37,41,42). The van der Waals surface area contributed by atoms with E-state index >= 15 is 0 Å². The molecule has 1 atom stereocenters. The number of hydrogen-bond donors (Lipinski definition) is 2. The third kappa shape index (κ3) is 6.11. The lowest BCUT2D eigenvalue weighted by Crippen LogP contribution is -2.52. The lowest BCUT2D eigenvalue weighted by molar-refractivity contribution is -0.136. The Kier molecular flexibility index (Phi) is 8.26. The molecule has 240 valence electrons. The number of likely N-dealkylation sites (tertiary alicyclic amines) is 1. The largest absolute Gasteiger partial charge is 0.351 e. The lowest BCUT2D eigenvalue weighted by atomic mass is 9.89. The van der Waals surface area contributed by atoms with Gasteiger partial charge in [0.1, 0.15) is 6.04 Å². The van der Waals surface area contributed by atoms with Crippen molar-refractivity contribution in [2.24, 2.45) is 0 Å². The van der Waals surface area contributed by atoms with E-state index in [4.69, 9.17) is 11.6 Å². The summed E-state index contributed by atoms with van der Waals surface area (Å²) in [6, 6.07) is 12.5. The maximum Gasteiger partial charge on any atom is 0.255 e. The van der Waals surface area contributed by atoms with Gasteiger partial charge in [-0.2, -0.15) is 4.31 Å².